The van der Waals surface area contributed by atoms with Crippen LogP contribution in [0.2, 0.25) is 0 Å². The van der Waals surface area contributed by atoms with Crippen molar-refractivity contribution in [1.82, 2.24) is 9.97 Å². The third kappa shape index (κ3) is 2.02. The van der Waals surface area contributed by atoms with Gasteiger partial charge in [-0.15, -0.1) is 0 Å². The number of morpholine rings is 1. The molecule has 1 aliphatic rings. The maximum absolute atomic E-state index is 5.75. The van der Waals surface area contributed by atoms with Gasteiger partial charge in [0.25, 0.3) is 0 Å². The summed E-state index contributed by atoms with van der Waals surface area (Å²) >= 11 is 0. The molecular weight excluding hydrogens is 192 g/mol. The molecule has 1 aliphatic heterocycles. The van der Waals surface area contributed by atoms with E-state index in [1.807, 2.05) is 6.92 Å². The smallest absolute Gasteiger partial charge is 0.137 e. The van der Waals surface area contributed by atoms with Crippen LogP contribution in [0.4, 0.5) is 11.6 Å². The molecule has 1 saturated heterocycles. The predicted molar refractivity (Wildman–Crippen MR) is 58.8 cm³/mol. The van der Waals surface area contributed by atoms with Gasteiger partial charge < -0.3 is 15.4 Å². The summed E-state index contributed by atoms with van der Waals surface area (Å²) in [6.07, 6.45) is 1.76. The first kappa shape index (κ1) is 10.2. The lowest BCUT2D eigenvalue weighted by Crippen LogP contribution is -2.42. The SMILES string of the molecule is Cc1c(N)ncnc1N1CCOC(C)C1. The molecule has 2 heterocycles. The Labute approximate surface area is 89.3 Å². The van der Waals surface area contributed by atoms with Crippen molar-refractivity contribution < 1.29 is 4.74 Å². The molecule has 0 aliphatic carbocycles. The van der Waals surface area contributed by atoms with Gasteiger partial charge in [0.05, 0.1) is 12.7 Å². The van der Waals surface area contributed by atoms with Gasteiger partial charge in [-0.2, -0.15) is 0 Å². The zero-order valence-electron chi connectivity index (χ0n) is 9.10. The molecule has 5 heteroatoms. The van der Waals surface area contributed by atoms with Crippen LogP contribution in [0.15, 0.2) is 6.33 Å². The number of nitrogens with zero attached hydrogens (tertiary/aromatic N) is 3. The van der Waals surface area contributed by atoms with E-state index in [0.717, 1.165) is 31.1 Å². The molecule has 15 heavy (non-hydrogen) atoms. The Morgan fingerprint density at radius 2 is 2.33 bits per heavy atom. The second-order valence-electron chi connectivity index (χ2n) is 3.83. The van der Waals surface area contributed by atoms with E-state index in [4.69, 9.17) is 10.5 Å². The summed E-state index contributed by atoms with van der Waals surface area (Å²) in [4.78, 5) is 10.4. The van der Waals surface area contributed by atoms with Crippen LogP contribution in [0, 0.1) is 6.92 Å². The minimum atomic E-state index is 0.245. The van der Waals surface area contributed by atoms with E-state index in [0.29, 0.717) is 5.82 Å². The van der Waals surface area contributed by atoms with Crippen LogP contribution in [-0.4, -0.2) is 35.8 Å². The van der Waals surface area contributed by atoms with Crippen molar-refractivity contribution in [3.8, 4) is 0 Å². The summed E-state index contributed by atoms with van der Waals surface area (Å²) in [5, 5.41) is 0. The lowest BCUT2D eigenvalue weighted by atomic mass is 10.2. The molecule has 0 radical (unpaired) electrons. The molecule has 0 bridgehead atoms. The van der Waals surface area contributed by atoms with Crippen LogP contribution in [0.25, 0.3) is 0 Å². The molecule has 1 atom stereocenters. The maximum Gasteiger partial charge on any atom is 0.137 e. The van der Waals surface area contributed by atoms with Crippen molar-refractivity contribution >= 4 is 11.6 Å². The van der Waals surface area contributed by atoms with Gasteiger partial charge in [0.15, 0.2) is 0 Å². The summed E-state index contributed by atoms with van der Waals surface area (Å²) in [5.74, 6) is 1.48. The Kier molecular flexibility index (Phi) is 2.73. The number of ether oxygens (including phenoxy) is 1. The lowest BCUT2D eigenvalue weighted by molar-refractivity contribution is 0.0529. The van der Waals surface area contributed by atoms with E-state index in [1.165, 1.54) is 6.33 Å². The topological polar surface area (TPSA) is 64.3 Å². The number of nitrogens with two attached hydrogens (primary N) is 1. The van der Waals surface area contributed by atoms with Gasteiger partial charge >= 0.3 is 0 Å². The van der Waals surface area contributed by atoms with Crippen LogP contribution in [0.5, 0.6) is 0 Å². The first-order chi connectivity index (χ1) is 7.18. The van der Waals surface area contributed by atoms with Gasteiger partial charge in [-0.1, -0.05) is 0 Å². The van der Waals surface area contributed by atoms with Crippen molar-refractivity contribution in [2.45, 2.75) is 20.0 Å². The van der Waals surface area contributed by atoms with Crippen LogP contribution < -0.4 is 10.6 Å². The second kappa shape index (κ2) is 4.02. The number of aromatic nitrogens is 2. The molecule has 82 valence electrons. The van der Waals surface area contributed by atoms with Crippen molar-refractivity contribution in [1.29, 1.82) is 0 Å². The highest BCUT2D eigenvalue weighted by molar-refractivity contribution is 5.55. The summed E-state index contributed by atoms with van der Waals surface area (Å²) < 4.78 is 5.48. The number of hydrogen-bond acceptors (Lipinski definition) is 5. The highest BCUT2D eigenvalue weighted by Gasteiger charge is 2.20. The molecule has 1 aromatic heterocycles. The zero-order valence-corrected chi connectivity index (χ0v) is 9.10. The lowest BCUT2D eigenvalue weighted by Gasteiger charge is -2.32. The molecule has 2 N–H and O–H groups in total. The molecule has 0 saturated carbocycles. The van der Waals surface area contributed by atoms with E-state index < -0.39 is 0 Å². The largest absolute Gasteiger partial charge is 0.383 e. The van der Waals surface area contributed by atoms with Crippen LogP contribution in [0.3, 0.4) is 0 Å². The Balaban J connectivity index is 2.24. The Bertz CT molecular complexity index is 355. The maximum atomic E-state index is 5.75. The van der Waals surface area contributed by atoms with E-state index in [-0.39, 0.29) is 6.10 Å². The van der Waals surface area contributed by atoms with Crippen LogP contribution in [-0.2, 0) is 4.74 Å². The number of hydrogen-bond donors (Lipinski definition) is 1. The first-order valence-corrected chi connectivity index (χ1v) is 5.12. The Hall–Kier alpha value is -1.36. The predicted octanol–water partition coefficient (Wildman–Crippen LogP) is 0.592. The quantitative estimate of drug-likeness (QED) is 0.732. The van der Waals surface area contributed by atoms with Crippen LogP contribution in [0.1, 0.15) is 12.5 Å². The Morgan fingerprint density at radius 3 is 3.07 bits per heavy atom. The fraction of sp³-hybridized carbons (Fsp3) is 0.600. The summed E-state index contributed by atoms with van der Waals surface area (Å²) in [6.45, 7) is 6.47. The molecule has 1 aromatic rings. The van der Waals surface area contributed by atoms with E-state index >= 15 is 0 Å². The molecular formula is C10H16N4O. The van der Waals surface area contributed by atoms with Crippen molar-refractivity contribution in [3.05, 3.63) is 11.9 Å². The highest BCUT2D eigenvalue weighted by Crippen LogP contribution is 2.21. The van der Waals surface area contributed by atoms with Crippen molar-refractivity contribution in [3.63, 3.8) is 0 Å². The van der Waals surface area contributed by atoms with Gasteiger partial charge in [0.2, 0.25) is 0 Å². The molecule has 0 amide bonds. The van der Waals surface area contributed by atoms with E-state index in [9.17, 15) is 0 Å². The number of anilines is 2. The van der Waals surface area contributed by atoms with E-state index in [2.05, 4.69) is 21.8 Å². The van der Waals surface area contributed by atoms with E-state index in [1.54, 1.807) is 0 Å². The summed E-state index contributed by atoms with van der Waals surface area (Å²) in [7, 11) is 0. The molecule has 0 spiro atoms. The highest BCUT2D eigenvalue weighted by atomic mass is 16.5. The number of nitrogen functional groups attached to an aromatic ring is 1. The van der Waals surface area contributed by atoms with Gasteiger partial charge in [0.1, 0.15) is 18.0 Å². The van der Waals surface area contributed by atoms with Crippen molar-refractivity contribution in [2.24, 2.45) is 0 Å². The number of rotatable bonds is 1. The minimum Gasteiger partial charge on any atom is -0.383 e. The normalized spacial score (nSPS) is 21.7. The van der Waals surface area contributed by atoms with Crippen molar-refractivity contribution in [2.75, 3.05) is 30.3 Å². The first-order valence-electron chi connectivity index (χ1n) is 5.12. The summed E-state index contributed by atoms with van der Waals surface area (Å²) in [5.41, 5.74) is 6.70. The minimum absolute atomic E-state index is 0.245. The molecule has 1 fully saturated rings. The standard InChI is InChI=1S/C10H16N4O/c1-7-5-14(3-4-15-7)10-8(2)9(11)12-6-13-10/h6-7H,3-5H2,1-2H3,(H2,11,12,13). The molecule has 1 unspecified atom stereocenters. The van der Waals surface area contributed by atoms with Gasteiger partial charge in [-0.25, -0.2) is 9.97 Å². The monoisotopic (exact) mass is 208 g/mol. The average Bonchev–Trinajstić information content (AvgIpc) is 2.22. The van der Waals surface area contributed by atoms with Gasteiger partial charge in [-0.05, 0) is 13.8 Å². The summed E-state index contributed by atoms with van der Waals surface area (Å²) in [6, 6.07) is 0. The Morgan fingerprint density at radius 1 is 1.53 bits per heavy atom. The fourth-order valence-electron chi connectivity index (χ4n) is 1.78. The molecule has 2 rings (SSSR count). The zero-order chi connectivity index (χ0) is 10.8. The third-order valence-corrected chi connectivity index (χ3v) is 2.64. The third-order valence-electron chi connectivity index (χ3n) is 2.64. The van der Waals surface area contributed by atoms with Gasteiger partial charge in [0, 0.05) is 18.7 Å². The average molecular weight is 208 g/mol. The fourth-order valence-corrected chi connectivity index (χ4v) is 1.78. The second-order valence-corrected chi connectivity index (χ2v) is 3.83. The van der Waals surface area contributed by atoms with Crippen LogP contribution >= 0.6 is 0 Å². The molecule has 5 nitrogen and oxygen atoms in total. The van der Waals surface area contributed by atoms with Gasteiger partial charge in [-0.3, -0.25) is 0 Å². The molecule has 0 aromatic carbocycles.